The summed E-state index contributed by atoms with van der Waals surface area (Å²) >= 11 is 0. The molecule has 1 rings (SSSR count). The average molecular weight is 249 g/mol. The maximum absolute atomic E-state index is 9.32. The van der Waals surface area contributed by atoms with Crippen molar-refractivity contribution in [2.24, 2.45) is 5.92 Å². The molecule has 0 saturated heterocycles. The zero-order chi connectivity index (χ0) is 13.5. The summed E-state index contributed by atoms with van der Waals surface area (Å²) in [5.41, 5.74) is 1.26. The second-order valence-electron chi connectivity index (χ2n) is 5.59. The third-order valence-electron chi connectivity index (χ3n) is 3.37. The number of nitrogens with one attached hydrogen (secondary N) is 1. The third-order valence-corrected chi connectivity index (χ3v) is 3.37. The molecule has 2 nitrogen and oxygen atoms in total. The minimum Gasteiger partial charge on any atom is -0.508 e. The second kappa shape index (κ2) is 7.42. The van der Waals surface area contributed by atoms with Gasteiger partial charge in [-0.25, -0.2) is 0 Å². The largest absolute Gasteiger partial charge is 0.508 e. The minimum atomic E-state index is 0.335. The highest BCUT2D eigenvalue weighted by atomic mass is 16.3. The van der Waals surface area contributed by atoms with Crippen LogP contribution in [0.15, 0.2) is 24.3 Å². The zero-order valence-electron chi connectivity index (χ0n) is 12.1. The fourth-order valence-electron chi connectivity index (χ4n) is 2.17. The van der Waals surface area contributed by atoms with Gasteiger partial charge in [0.05, 0.1) is 0 Å². The molecule has 18 heavy (non-hydrogen) atoms. The fraction of sp³-hybridized carbons (Fsp3) is 0.625. The molecule has 0 aromatic heterocycles. The quantitative estimate of drug-likeness (QED) is 0.757. The lowest BCUT2D eigenvalue weighted by Crippen LogP contribution is -2.30. The molecule has 102 valence electrons. The molecule has 2 heteroatoms. The lowest BCUT2D eigenvalue weighted by molar-refractivity contribution is 0.397. The molecule has 0 bridgehead atoms. The van der Waals surface area contributed by atoms with Crippen LogP contribution < -0.4 is 5.32 Å². The third kappa shape index (κ3) is 5.09. The first-order valence-electron chi connectivity index (χ1n) is 7.07. The van der Waals surface area contributed by atoms with Crippen LogP contribution in [0.3, 0.4) is 0 Å². The van der Waals surface area contributed by atoms with Crippen molar-refractivity contribution in [3.63, 3.8) is 0 Å². The molecule has 2 unspecified atom stereocenters. The maximum Gasteiger partial charge on any atom is 0.115 e. The standard InChI is InChI=1S/C16H27NO/c1-5-16(14-8-10-15(18)11-9-14)17-13(4)7-6-12(2)3/h8-13,16-18H,5-7H2,1-4H3. The van der Waals surface area contributed by atoms with E-state index in [2.05, 4.69) is 33.0 Å². The van der Waals surface area contributed by atoms with Crippen LogP contribution >= 0.6 is 0 Å². The van der Waals surface area contributed by atoms with Gasteiger partial charge in [-0.1, -0.05) is 32.9 Å². The molecular weight excluding hydrogens is 222 g/mol. The summed E-state index contributed by atoms with van der Waals surface area (Å²) in [5, 5.41) is 13.0. The van der Waals surface area contributed by atoms with Crippen LogP contribution in [0.1, 0.15) is 58.6 Å². The van der Waals surface area contributed by atoms with E-state index in [0.717, 1.165) is 12.3 Å². The highest BCUT2D eigenvalue weighted by Crippen LogP contribution is 2.21. The van der Waals surface area contributed by atoms with Crippen molar-refractivity contribution in [2.45, 2.75) is 59.0 Å². The number of hydrogen-bond donors (Lipinski definition) is 2. The van der Waals surface area contributed by atoms with E-state index in [1.165, 1.54) is 18.4 Å². The summed E-state index contributed by atoms with van der Waals surface area (Å²) in [7, 11) is 0. The Morgan fingerprint density at radius 3 is 2.17 bits per heavy atom. The van der Waals surface area contributed by atoms with Crippen LogP contribution in [-0.2, 0) is 0 Å². The van der Waals surface area contributed by atoms with E-state index in [-0.39, 0.29) is 0 Å². The minimum absolute atomic E-state index is 0.335. The Morgan fingerprint density at radius 2 is 1.67 bits per heavy atom. The first kappa shape index (κ1) is 15.0. The zero-order valence-corrected chi connectivity index (χ0v) is 12.1. The Bertz CT molecular complexity index is 331. The van der Waals surface area contributed by atoms with Crippen molar-refractivity contribution in [3.8, 4) is 5.75 Å². The molecule has 0 aliphatic heterocycles. The van der Waals surface area contributed by atoms with E-state index in [9.17, 15) is 5.11 Å². The number of aromatic hydroxyl groups is 1. The predicted octanol–water partition coefficient (Wildman–Crippen LogP) is 4.26. The normalized spacial score (nSPS) is 14.7. The Labute approximate surface area is 111 Å². The highest BCUT2D eigenvalue weighted by molar-refractivity contribution is 5.28. The molecule has 0 radical (unpaired) electrons. The van der Waals surface area contributed by atoms with E-state index in [4.69, 9.17) is 0 Å². The molecule has 2 N–H and O–H groups in total. The van der Waals surface area contributed by atoms with E-state index in [1.54, 1.807) is 12.1 Å². The average Bonchev–Trinajstić information content (AvgIpc) is 2.34. The summed E-state index contributed by atoms with van der Waals surface area (Å²) in [5.74, 6) is 1.10. The van der Waals surface area contributed by atoms with E-state index >= 15 is 0 Å². The van der Waals surface area contributed by atoms with Gasteiger partial charge in [0.25, 0.3) is 0 Å². The highest BCUT2D eigenvalue weighted by Gasteiger charge is 2.12. The molecule has 1 aromatic rings. The Balaban J connectivity index is 2.53. The Morgan fingerprint density at radius 1 is 1.06 bits per heavy atom. The molecule has 0 aliphatic rings. The molecule has 0 spiro atoms. The van der Waals surface area contributed by atoms with E-state index in [1.807, 2.05) is 12.1 Å². The number of phenols is 1. The van der Waals surface area contributed by atoms with Gasteiger partial charge in [-0.3, -0.25) is 0 Å². The Kier molecular flexibility index (Phi) is 6.20. The van der Waals surface area contributed by atoms with Crippen LogP contribution in [0.25, 0.3) is 0 Å². The van der Waals surface area contributed by atoms with Gasteiger partial charge in [-0.2, -0.15) is 0 Å². The van der Waals surface area contributed by atoms with Gasteiger partial charge < -0.3 is 10.4 Å². The lowest BCUT2D eigenvalue weighted by Gasteiger charge is -2.23. The van der Waals surface area contributed by atoms with Gasteiger partial charge in [0.1, 0.15) is 5.75 Å². The van der Waals surface area contributed by atoms with Crippen LogP contribution in [0, 0.1) is 5.92 Å². The first-order chi connectivity index (χ1) is 8.52. The molecule has 0 aliphatic carbocycles. The van der Waals surface area contributed by atoms with Crippen molar-refractivity contribution in [2.75, 3.05) is 0 Å². The van der Waals surface area contributed by atoms with Gasteiger partial charge in [-0.05, 0) is 49.8 Å². The van der Waals surface area contributed by atoms with Gasteiger partial charge in [0.2, 0.25) is 0 Å². The van der Waals surface area contributed by atoms with Crippen molar-refractivity contribution in [1.29, 1.82) is 0 Å². The molecular formula is C16H27NO. The molecule has 0 amide bonds. The van der Waals surface area contributed by atoms with Gasteiger partial charge in [0, 0.05) is 12.1 Å². The van der Waals surface area contributed by atoms with Crippen LogP contribution in [0.4, 0.5) is 0 Å². The Hall–Kier alpha value is -1.02. The number of hydrogen-bond acceptors (Lipinski definition) is 2. The SMILES string of the molecule is CCC(NC(C)CCC(C)C)c1ccc(O)cc1. The fourth-order valence-corrected chi connectivity index (χ4v) is 2.17. The molecule has 2 atom stereocenters. The van der Waals surface area contributed by atoms with E-state index in [0.29, 0.717) is 17.8 Å². The lowest BCUT2D eigenvalue weighted by atomic mass is 10.0. The monoisotopic (exact) mass is 249 g/mol. The smallest absolute Gasteiger partial charge is 0.115 e. The summed E-state index contributed by atoms with van der Waals surface area (Å²) in [6.07, 6.45) is 3.54. The van der Waals surface area contributed by atoms with Crippen LogP contribution in [0.5, 0.6) is 5.75 Å². The summed E-state index contributed by atoms with van der Waals surface area (Å²) < 4.78 is 0. The van der Waals surface area contributed by atoms with Gasteiger partial charge in [0.15, 0.2) is 0 Å². The van der Waals surface area contributed by atoms with Crippen LogP contribution in [0.2, 0.25) is 0 Å². The van der Waals surface area contributed by atoms with Crippen molar-refractivity contribution in [3.05, 3.63) is 29.8 Å². The van der Waals surface area contributed by atoms with Crippen molar-refractivity contribution in [1.82, 2.24) is 5.32 Å². The molecule has 0 saturated carbocycles. The predicted molar refractivity (Wildman–Crippen MR) is 77.8 cm³/mol. The number of rotatable bonds is 7. The molecule has 1 aromatic carbocycles. The maximum atomic E-state index is 9.32. The topological polar surface area (TPSA) is 32.3 Å². The van der Waals surface area contributed by atoms with Crippen molar-refractivity contribution >= 4 is 0 Å². The van der Waals surface area contributed by atoms with Gasteiger partial charge in [-0.15, -0.1) is 0 Å². The van der Waals surface area contributed by atoms with Crippen LogP contribution in [-0.4, -0.2) is 11.1 Å². The molecule has 0 fully saturated rings. The summed E-state index contributed by atoms with van der Waals surface area (Å²) in [4.78, 5) is 0. The number of benzene rings is 1. The molecule has 0 heterocycles. The second-order valence-corrected chi connectivity index (χ2v) is 5.59. The van der Waals surface area contributed by atoms with Gasteiger partial charge >= 0.3 is 0 Å². The van der Waals surface area contributed by atoms with Crippen molar-refractivity contribution < 1.29 is 5.11 Å². The number of phenolic OH excluding ortho intramolecular Hbond substituents is 1. The summed E-state index contributed by atoms with van der Waals surface area (Å²) in [6, 6.07) is 8.45. The van der Waals surface area contributed by atoms with E-state index < -0.39 is 0 Å². The first-order valence-corrected chi connectivity index (χ1v) is 7.07. The summed E-state index contributed by atoms with van der Waals surface area (Å²) in [6.45, 7) is 8.99.